The highest BCUT2D eigenvalue weighted by atomic mass is 35.5. The molecule has 1 aromatic carbocycles. The first-order valence-corrected chi connectivity index (χ1v) is 7.84. The molecule has 0 aliphatic rings. The van der Waals surface area contributed by atoms with Gasteiger partial charge in [0.15, 0.2) is 0 Å². The van der Waals surface area contributed by atoms with Crippen molar-refractivity contribution in [1.29, 1.82) is 0 Å². The van der Waals surface area contributed by atoms with Gasteiger partial charge >= 0.3 is 0 Å². The van der Waals surface area contributed by atoms with Crippen LogP contribution >= 0.6 is 11.6 Å². The highest BCUT2D eigenvalue weighted by Gasteiger charge is 2.09. The van der Waals surface area contributed by atoms with E-state index in [0.29, 0.717) is 16.4 Å². The van der Waals surface area contributed by atoms with Gasteiger partial charge in [-0.1, -0.05) is 43.5 Å². The van der Waals surface area contributed by atoms with Crippen LogP contribution in [0.25, 0.3) is 0 Å². The Hall–Kier alpha value is -2.07. The van der Waals surface area contributed by atoms with E-state index in [1.165, 1.54) is 12.8 Å². The molecule has 22 heavy (non-hydrogen) atoms. The van der Waals surface area contributed by atoms with Gasteiger partial charge in [0, 0.05) is 6.54 Å². The fourth-order valence-electron chi connectivity index (χ4n) is 1.99. The van der Waals surface area contributed by atoms with E-state index >= 15 is 0 Å². The summed E-state index contributed by atoms with van der Waals surface area (Å²) in [6, 6.07) is 10.7. The molecule has 2 aromatic rings. The van der Waals surface area contributed by atoms with Crippen molar-refractivity contribution in [2.75, 3.05) is 17.2 Å². The molecule has 2 rings (SSSR count). The number of nitrogens with zero attached hydrogens (tertiary/aromatic N) is 1. The van der Waals surface area contributed by atoms with Gasteiger partial charge in [0.05, 0.1) is 22.6 Å². The van der Waals surface area contributed by atoms with Crippen molar-refractivity contribution in [3.63, 3.8) is 0 Å². The quantitative estimate of drug-likeness (QED) is 0.734. The van der Waals surface area contributed by atoms with Crippen molar-refractivity contribution >= 4 is 28.9 Å². The maximum atomic E-state index is 12.1. The van der Waals surface area contributed by atoms with Gasteiger partial charge in [-0.3, -0.25) is 4.79 Å². The van der Waals surface area contributed by atoms with E-state index in [0.717, 1.165) is 18.7 Å². The lowest BCUT2D eigenvalue weighted by atomic mass is 10.2. The van der Waals surface area contributed by atoms with Crippen molar-refractivity contribution in [3.05, 3.63) is 53.3 Å². The van der Waals surface area contributed by atoms with Crippen LogP contribution in [0.4, 0.5) is 11.4 Å². The largest absolute Gasteiger partial charge is 0.384 e. The molecule has 0 bridgehead atoms. The van der Waals surface area contributed by atoms with Crippen LogP contribution in [-0.4, -0.2) is 17.4 Å². The van der Waals surface area contributed by atoms with Crippen molar-refractivity contribution in [3.8, 4) is 0 Å². The van der Waals surface area contributed by atoms with Crippen molar-refractivity contribution in [2.45, 2.75) is 26.2 Å². The normalized spacial score (nSPS) is 10.3. The molecule has 0 saturated heterocycles. The maximum Gasteiger partial charge on any atom is 0.274 e. The van der Waals surface area contributed by atoms with Gasteiger partial charge in [0.2, 0.25) is 0 Å². The molecule has 0 spiro atoms. The molecule has 1 amide bonds. The molecule has 5 heteroatoms. The number of unbranched alkanes of at least 4 members (excludes halogenated alkanes) is 2. The Morgan fingerprint density at radius 1 is 1.18 bits per heavy atom. The predicted octanol–water partition coefficient (Wildman–Crippen LogP) is 4.59. The highest BCUT2D eigenvalue weighted by molar-refractivity contribution is 6.33. The highest BCUT2D eigenvalue weighted by Crippen LogP contribution is 2.21. The van der Waals surface area contributed by atoms with Crippen LogP contribution in [0.5, 0.6) is 0 Å². The molecule has 0 fully saturated rings. The molecule has 0 aliphatic heterocycles. The minimum absolute atomic E-state index is 0.273. The summed E-state index contributed by atoms with van der Waals surface area (Å²) in [5.41, 5.74) is 1.86. The Balaban J connectivity index is 1.92. The Kier molecular flexibility index (Phi) is 6.22. The third-order valence-corrected chi connectivity index (χ3v) is 3.56. The van der Waals surface area contributed by atoms with Gasteiger partial charge < -0.3 is 10.6 Å². The summed E-state index contributed by atoms with van der Waals surface area (Å²) in [5.74, 6) is -0.273. The van der Waals surface area contributed by atoms with E-state index in [9.17, 15) is 4.79 Å². The van der Waals surface area contributed by atoms with Crippen LogP contribution in [0.3, 0.4) is 0 Å². The molecular formula is C17H20ClN3O. The van der Waals surface area contributed by atoms with Crippen LogP contribution in [0.2, 0.25) is 5.02 Å². The van der Waals surface area contributed by atoms with Crippen LogP contribution in [0.1, 0.15) is 36.7 Å². The lowest BCUT2D eigenvalue weighted by Gasteiger charge is -2.08. The van der Waals surface area contributed by atoms with E-state index in [-0.39, 0.29) is 5.91 Å². The summed E-state index contributed by atoms with van der Waals surface area (Å²) in [6.45, 7) is 3.09. The van der Waals surface area contributed by atoms with Gasteiger partial charge in [-0.2, -0.15) is 0 Å². The summed E-state index contributed by atoms with van der Waals surface area (Å²) < 4.78 is 0. The number of amides is 1. The van der Waals surface area contributed by atoms with Gasteiger partial charge in [-0.15, -0.1) is 0 Å². The lowest BCUT2D eigenvalue weighted by molar-refractivity contribution is 0.102. The van der Waals surface area contributed by atoms with E-state index in [1.54, 1.807) is 24.4 Å². The molecule has 2 N–H and O–H groups in total. The molecule has 0 atom stereocenters. The standard InChI is InChI=1S/C17H20ClN3O/c1-2-3-6-11-19-13-9-10-16(20-12-13)17(22)21-15-8-5-4-7-14(15)18/h4-5,7-10,12,19H,2-3,6,11H2,1H3,(H,21,22). The fourth-order valence-corrected chi connectivity index (χ4v) is 2.17. The zero-order valence-electron chi connectivity index (χ0n) is 12.6. The minimum Gasteiger partial charge on any atom is -0.384 e. The third-order valence-electron chi connectivity index (χ3n) is 3.23. The van der Waals surface area contributed by atoms with Crippen LogP contribution in [-0.2, 0) is 0 Å². The zero-order chi connectivity index (χ0) is 15.8. The summed E-state index contributed by atoms with van der Waals surface area (Å²) in [7, 11) is 0. The van der Waals surface area contributed by atoms with Crippen LogP contribution in [0, 0.1) is 0 Å². The zero-order valence-corrected chi connectivity index (χ0v) is 13.4. The molecular weight excluding hydrogens is 298 g/mol. The number of pyridine rings is 1. The Labute approximate surface area is 135 Å². The average molecular weight is 318 g/mol. The number of hydrogen-bond donors (Lipinski definition) is 2. The molecule has 0 aliphatic carbocycles. The number of para-hydroxylation sites is 1. The van der Waals surface area contributed by atoms with Crippen LogP contribution < -0.4 is 10.6 Å². The number of carbonyl (C=O) groups is 1. The molecule has 116 valence electrons. The minimum atomic E-state index is -0.273. The van der Waals surface area contributed by atoms with Gasteiger partial charge in [-0.05, 0) is 30.7 Å². The Bertz CT molecular complexity index is 614. The van der Waals surface area contributed by atoms with Crippen molar-refractivity contribution < 1.29 is 4.79 Å². The molecule has 0 saturated carbocycles. The maximum absolute atomic E-state index is 12.1. The average Bonchev–Trinajstić information content (AvgIpc) is 2.54. The first-order chi connectivity index (χ1) is 10.7. The molecule has 1 aromatic heterocycles. The number of hydrogen-bond acceptors (Lipinski definition) is 3. The summed E-state index contributed by atoms with van der Waals surface area (Å²) >= 11 is 6.02. The molecule has 4 nitrogen and oxygen atoms in total. The van der Waals surface area contributed by atoms with E-state index < -0.39 is 0 Å². The second-order valence-corrected chi connectivity index (χ2v) is 5.41. The third kappa shape index (κ3) is 4.74. The number of nitrogens with one attached hydrogen (secondary N) is 2. The number of benzene rings is 1. The molecule has 0 radical (unpaired) electrons. The Morgan fingerprint density at radius 3 is 2.68 bits per heavy atom. The predicted molar refractivity (Wildman–Crippen MR) is 91.7 cm³/mol. The number of rotatable bonds is 7. The smallest absolute Gasteiger partial charge is 0.274 e. The fraction of sp³-hybridized carbons (Fsp3) is 0.294. The van der Waals surface area contributed by atoms with Crippen LogP contribution in [0.15, 0.2) is 42.6 Å². The monoisotopic (exact) mass is 317 g/mol. The van der Waals surface area contributed by atoms with Crippen molar-refractivity contribution in [1.82, 2.24) is 4.98 Å². The molecule has 0 unspecified atom stereocenters. The van der Waals surface area contributed by atoms with Crippen molar-refractivity contribution in [2.24, 2.45) is 0 Å². The van der Waals surface area contributed by atoms with Gasteiger partial charge in [0.25, 0.3) is 5.91 Å². The van der Waals surface area contributed by atoms with E-state index in [1.807, 2.05) is 18.2 Å². The number of anilines is 2. The summed E-state index contributed by atoms with van der Waals surface area (Å²) in [5, 5.41) is 6.55. The summed E-state index contributed by atoms with van der Waals surface area (Å²) in [4.78, 5) is 16.3. The van der Waals surface area contributed by atoms with E-state index in [2.05, 4.69) is 22.5 Å². The Morgan fingerprint density at radius 2 is 2.00 bits per heavy atom. The SMILES string of the molecule is CCCCCNc1ccc(C(=O)Nc2ccccc2Cl)nc1. The number of carbonyl (C=O) groups excluding carboxylic acids is 1. The second kappa shape index (κ2) is 8.39. The van der Waals surface area contributed by atoms with E-state index in [4.69, 9.17) is 11.6 Å². The van der Waals surface area contributed by atoms with Gasteiger partial charge in [-0.25, -0.2) is 4.98 Å². The van der Waals surface area contributed by atoms with Gasteiger partial charge in [0.1, 0.15) is 5.69 Å². The first kappa shape index (κ1) is 16.3. The summed E-state index contributed by atoms with van der Waals surface area (Å²) in [6.07, 6.45) is 5.21. The lowest BCUT2D eigenvalue weighted by Crippen LogP contribution is -2.14. The number of halogens is 1. The number of aromatic nitrogens is 1. The second-order valence-electron chi connectivity index (χ2n) is 5.00. The first-order valence-electron chi connectivity index (χ1n) is 7.46. The molecule has 1 heterocycles. The topological polar surface area (TPSA) is 54.0 Å².